The van der Waals surface area contributed by atoms with Gasteiger partial charge in [-0.05, 0) is 0 Å². The van der Waals surface area contributed by atoms with Crippen molar-refractivity contribution in [3.63, 3.8) is 0 Å². The number of quaternary nitrogens is 1. The summed E-state index contributed by atoms with van der Waals surface area (Å²) < 4.78 is 0.915. The van der Waals surface area contributed by atoms with Crippen molar-refractivity contribution in [3.05, 3.63) is 35.9 Å². The van der Waals surface area contributed by atoms with Gasteiger partial charge >= 0.3 is 0 Å². The van der Waals surface area contributed by atoms with Crippen molar-refractivity contribution in [1.29, 1.82) is 5.41 Å². The van der Waals surface area contributed by atoms with Gasteiger partial charge in [-0.25, -0.2) is 0 Å². The van der Waals surface area contributed by atoms with Gasteiger partial charge in [-0.2, -0.15) is 0 Å². The van der Waals surface area contributed by atoms with Gasteiger partial charge in [0.2, 0.25) is 0 Å². The Balaban J connectivity index is 2.46. The topological polar surface area (TPSA) is 49.9 Å². The van der Waals surface area contributed by atoms with E-state index in [0.717, 1.165) is 23.3 Å². The molecule has 0 unspecified atom stereocenters. The van der Waals surface area contributed by atoms with Crippen LogP contribution in [0.25, 0.3) is 0 Å². The van der Waals surface area contributed by atoms with Crippen LogP contribution in [-0.2, 0) is 6.54 Å². The summed E-state index contributed by atoms with van der Waals surface area (Å²) in [5, 5.41) is 7.40. The van der Waals surface area contributed by atoms with Gasteiger partial charge in [0.05, 0.1) is 25.5 Å². The molecule has 0 aliphatic heterocycles. The molecule has 1 rings (SSSR count). The number of amidine groups is 1. The first-order valence-electron chi connectivity index (χ1n) is 5.86. The smallest absolute Gasteiger partial charge is 0.151 e. The van der Waals surface area contributed by atoms with E-state index in [0.29, 0.717) is 4.83 Å². The summed E-state index contributed by atoms with van der Waals surface area (Å²) in [4.78, 5) is 0.366. The molecule has 0 saturated carbocycles. The van der Waals surface area contributed by atoms with Crippen molar-refractivity contribution >= 4 is 32.9 Å². The fourth-order valence-electron chi connectivity index (χ4n) is 1.91. The number of nitrogens with one attached hydrogen (secondary N) is 1. The third-order valence-electron chi connectivity index (χ3n) is 2.57. The number of thioether (sulfide) groups is 1. The predicted molar refractivity (Wildman–Crippen MR) is 84.2 cm³/mol. The molecule has 5 heteroatoms. The van der Waals surface area contributed by atoms with Gasteiger partial charge in [0.15, 0.2) is 5.17 Å². The Labute approximate surface area is 122 Å². The van der Waals surface area contributed by atoms with Crippen LogP contribution in [0, 0.1) is 5.41 Å². The maximum absolute atomic E-state index is 7.21. The molecule has 0 aliphatic rings. The summed E-state index contributed by atoms with van der Waals surface area (Å²) in [5.41, 5.74) is 6.70. The van der Waals surface area contributed by atoms with Gasteiger partial charge in [-0.1, -0.05) is 58.0 Å². The second kappa shape index (κ2) is 7.16. The van der Waals surface area contributed by atoms with Crippen LogP contribution in [0.5, 0.6) is 0 Å². The number of alkyl halides is 1. The van der Waals surface area contributed by atoms with Gasteiger partial charge in [0, 0.05) is 11.3 Å². The molecule has 0 fully saturated rings. The van der Waals surface area contributed by atoms with E-state index in [1.165, 1.54) is 17.3 Å². The van der Waals surface area contributed by atoms with Crippen LogP contribution >= 0.6 is 27.7 Å². The van der Waals surface area contributed by atoms with Crippen molar-refractivity contribution in [2.45, 2.75) is 11.4 Å². The van der Waals surface area contributed by atoms with Crippen LogP contribution in [0.4, 0.5) is 0 Å². The Hall–Kier alpha value is -0.520. The maximum Gasteiger partial charge on any atom is 0.151 e. The predicted octanol–water partition coefficient (Wildman–Crippen LogP) is 2.65. The lowest BCUT2D eigenvalue weighted by Gasteiger charge is -2.31. The van der Waals surface area contributed by atoms with Crippen molar-refractivity contribution in [3.8, 4) is 0 Å². The van der Waals surface area contributed by atoms with E-state index in [1.54, 1.807) is 0 Å². The molecule has 1 aromatic rings. The molecule has 0 spiro atoms. The van der Waals surface area contributed by atoms with Gasteiger partial charge in [0.25, 0.3) is 0 Å². The molecular formula is C13H21BrN3S+. The maximum atomic E-state index is 7.21. The largest absolute Gasteiger partial charge is 0.379 e. The van der Waals surface area contributed by atoms with Crippen LogP contribution in [-0.4, -0.2) is 40.9 Å². The van der Waals surface area contributed by atoms with Crippen molar-refractivity contribution < 1.29 is 4.48 Å². The lowest BCUT2D eigenvalue weighted by atomic mass is 10.2. The average Bonchev–Trinajstić information content (AvgIpc) is 2.26. The van der Waals surface area contributed by atoms with Crippen LogP contribution in [0.15, 0.2) is 30.3 Å². The van der Waals surface area contributed by atoms with E-state index in [1.807, 2.05) is 6.07 Å². The Kier molecular flexibility index (Phi) is 6.18. The molecule has 1 atom stereocenters. The summed E-state index contributed by atoms with van der Waals surface area (Å²) in [6, 6.07) is 10.5. The SMILES string of the molecule is C[N+](C)(Cc1ccccc1)C[C@@H](Br)CSC(=N)N. The van der Waals surface area contributed by atoms with Crippen molar-refractivity contribution in [1.82, 2.24) is 0 Å². The molecule has 0 radical (unpaired) electrons. The number of hydrogen-bond donors (Lipinski definition) is 2. The number of halogens is 1. The van der Waals surface area contributed by atoms with Crippen LogP contribution in [0.3, 0.4) is 0 Å². The lowest BCUT2D eigenvalue weighted by Crippen LogP contribution is -2.43. The highest BCUT2D eigenvalue weighted by molar-refractivity contribution is 9.09. The van der Waals surface area contributed by atoms with E-state index in [4.69, 9.17) is 11.1 Å². The number of nitrogens with zero attached hydrogens (tertiary/aromatic N) is 1. The second-order valence-corrected chi connectivity index (χ2v) is 7.39. The van der Waals surface area contributed by atoms with Crippen LogP contribution in [0.1, 0.15) is 5.56 Å². The van der Waals surface area contributed by atoms with Gasteiger partial charge in [0.1, 0.15) is 6.54 Å². The first-order valence-corrected chi connectivity index (χ1v) is 7.76. The zero-order valence-electron chi connectivity index (χ0n) is 10.9. The molecule has 0 heterocycles. The monoisotopic (exact) mass is 330 g/mol. The second-order valence-electron chi connectivity index (χ2n) is 5.03. The molecule has 1 aromatic carbocycles. The molecule has 100 valence electrons. The number of benzene rings is 1. The summed E-state index contributed by atoms with van der Waals surface area (Å²) in [5.74, 6) is 0.839. The third-order valence-corrected chi connectivity index (χ3v) is 4.49. The van der Waals surface area contributed by atoms with E-state index in [2.05, 4.69) is 54.3 Å². The minimum Gasteiger partial charge on any atom is -0.379 e. The molecule has 3 N–H and O–H groups in total. The standard InChI is InChI=1S/C13H21BrN3S/c1-17(2,8-11-6-4-3-5-7-11)9-12(14)10-18-13(15)16/h3-7,12H,8-10H2,1-2H3,(H3,15,16)/q+1/t12-/m1/s1. The Bertz CT molecular complexity index is 381. The molecule has 0 bridgehead atoms. The molecule has 0 saturated heterocycles. The summed E-state index contributed by atoms with van der Waals surface area (Å²) in [7, 11) is 4.44. The molecule has 0 aliphatic carbocycles. The highest BCUT2D eigenvalue weighted by atomic mass is 79.9. The molecular weight excluding hydrogens is 310 g/mol. The fourth-order valence-corrected chi connectivity index (χ4v) is 3.56. The molecule has 18 heavy (non-hydrogen) atoms. The molecule has 3 nitrogen and oxygen atoms in total. The first-order chi connectivity index (χ1) is 8.39. The van der Waals surface area contributed by atoms with Crippen LogP contribution < -0.4 is 5.73 Å². The third kappa shape index (κ3) is 6.42. The zero-order valence-corrected chi connectivity index (χ0v) is 13.3. The fraction of sp³-hybridized carbons (Fsp3) is 0.462. The first kappa shape index (κ1) is 15.5. The Morgan fingerprint density at radius 3 is 2.56 bits per heavy atom. The highest BCUT2D eigenvalue weighted by Crippen LogP contribution is 2.16. The van der Waals surface area contributed by atoms with Gasteiger partial charge in [-0.15, -0.1) is 0 Å². The highest BCUT2D eigenvalue weighted by Gasteiger charge is 2.21. The van der Waals surface area contributed by atoms with E-state index >= 15 is 0 Å². The summed E-state index contributed by atoms with van der Waals surface area (Å²) in [6.07, 6.45) is 0. The molecule has 0 aromatic heterocycles. The number of rotatable bonds is 6. The van der Waals surface area contributed by atoms with Crippen LogP contribution in [0.2, 0.25) is 0 Å². The van der Waals surface area contributed by atoms with E-state index in [9.17, 15) is 0 Å². The molecule has 0 amide bonds. The Morgan fingerprint density at radius 1 is 1.39 bits per heavy atom. The average molecular weight is 331 g/mol. The van der Waals surface area contributed by atoms with E-state index < -0.39 is 0 Å². The number of nitrogens with two attached hydrogens (primary N) is 1. The lowest BCUT2D eigenvalue weighted by molar-refractivity contribution is -0.902. The summed E-state index contributed by atoms with van der Waals surface area (Å²) in [6.45, 7) is 2.02. The van der Waals surface area contributed by atoms with Gasteiger partial charge in [-0.3, -0.25) is 5.41 Å². The normalized spacial score (nSPS) is 13.3. The number of hydrogen-bond acceptors (Lipinski definition) is 2. The minimum absolute atomic E-state index is 0.188. The van der Waals surface area contributed by atoms with Crippen molar-refractivity contribution in [2.24, 2.45) is 5.73 Å². The van der Waals surface area contributed by atoms with E-state index in [-0.39, 0.29) is 5.17 Å². The minimum atomic E-state index is 0.188. The summed E-state index contributed by atoms with van der Waals surface area (Å²) >= 11 is 5.06. The van der Waals surface area contributed by atoms with Crippen molar-refractivity contribution in [2.75, 3.05) is 26.4 Å². The zero-order chi connectivity index (χ0) is 13.6. The Morgan fingerprint density at radius 2 is 2.00 bits per heavy atom. The quantitative estimate of drug-likeness (QED) is 0.364. The van der Waals surface area contributed by atoms with Gasteiger partial charge < -0.3 is 10.2 Å².